The maximum absolute atomic E-state index is 12.4. The Balaban J connectivity index is 1.40. The van der Waals surface area contributed by atoms with Crippen LogP contribution in [0.5, 0.6) is 0 Å². The summed E-state index contributed by atoms with van der Waals surface area (Å²) >= 11 is 1.14. The number of amides is 2. The zero-order valence-corrected chi connectivity index (χ0v) is 14.6. The van der Waals surface area contributed by atoms with Gasteiger partial charge in [0.1, 0.15) is 0 Å². The molecule has 1 aliphatic rings. The summed E-state index contributed by atoms with van der Waals surface area (Å²) in [7, 11) is 0. The minimum Gasteiger partial charge on any atom is -0.326 e. The van der Waals surface area contributed by atoms with Crippen molar-refractivity contribution in [1.29, 1.82) is 0 Å². The van der Waals surface area contributed by atoms with Crippen LogP contribution in [0, 0.1) is 5.92 Å². The topological polar surface area (TPSA) is 84.0 Å². The fourth-order valence-electron chi connectivity index (χ4n) is 2.44. The Morgan fingerprint density at radius 3 is 2.38 bits per heavy atom. The first kappa shape index (κ1) is 16.4. The van der Waals surface area contributed by atoms with Crippen molar-refractivity contribution in [3.05, 3.63) is 60.2 Å². The number of hydrogen-bond acceptors (Lipinski definition) is 5. The molecule has 1 saturated carbocycles. The van der Waals surface area contributed by atoms with Crippen LogP contribution in [0.25, 0.3) is 11.4 Å². The van der Waals surface area contributed by atoms with E-state index in [1.54, 1.807) is 24.3 Å². The Bertz CT molecular complexity index is 934. The number of nitrogens with zero attached hydrogens (tertiary/aromatic N) is 2. The van der Waals surface area contributed by atoms with Gasteiger partial charge in [-0.15, -0.1) is 0 Å². The minimum atomic E-state index is -0.263. The van der Waals surface area contributed by atoms with E-state index in [1.165, 1.54) is 0 Å². The number of nitrogens with one attached hydrogen (secondary N) is 2. The van der Waals surface area contributed by atoms with Crippen molar-refractivity contribution < 1.29 is 9.59 Å². The van der Waals surface area contributed by atoms with Crippen molar-refractivity contribution in [1.82, 2.24) is 9.36 Å². The Labute approximate surface area is 154 Å². The van der Waals surface area contributed by atoms with Gasteiger partial charge in [-0.1, -0.05) is 30.3 Å². The van der Waals surface area contributed by atoms with E-state index in [0.29, 0.717) is 22.2 Å². The Morgan fingerprint density at radius 1 is 0.962 bits per heavy atom. The summed E-state index contributed by atoms with van der Waals surface area (Å²) in [4.78, 5) is 28.4. The van der Waals surface area contributed by atoms with E-state index in [2.05, 4.69) is 20.0 Å². The predicted molar refractivity (Wildman–Crippen MR) is 101 cm³/mol. The number of aromatic nitrogens is 2. The minimum absolute atomic E-state index is 0.0458. The van der Waals surface area contributed by atoms with Gasteiger partial charge in [0.2, 0.25) is 11.0 Å². The van der Waals surface area contributed by atoms with Gasteiger partial charge in [-0.25, -0.2) is 0 Å². The van der Waals surface area contributed by atoms with Gasteiger partial charge in [-0.05, 0) is 37.1 Å². The van der Waals surface area contributed by atoms with Gasteiger partial charge >= 0.3 is 0 Å². The molecule has 26 heavy (non-hydrogen) atoms. The maximum Gasteiger partial charge on any atom is 0.257 e. The van der Waals surface area contributed by atoms with E-state index in [1.807, 2.05) is 30.3 Å². The third kappa shape index (κ3) is 3.78. The number of carbonyl (C=O) groups excluding carboxylic acids is 2. The SMILES string of the molecule is O=C(Nc1nc(-c2ccccc2)ns1)c1ccc(NC(=O)C2CC2)cc1. The molecule has 2 amide bonds. The molecular formula is C19H16N4O2S. The van der Waals surface area contributed by atoms with Crippen LogP contribution in [0.1, 0.15) is 23.2 Å². The molecule has 1 heterocycles. The van der Waals surface area contributed by atoms with E-state index in [4.69, 9.17) is 0 Å². The highest BCUT2D eigenvalue weighted by Crippen LogP contribution is 2.30. The van der Waals surface area contributed by atoms with Gasteiger partial charge in [-0.2, -0.15) is 9.36 Å². The lowest BCUT2D eigenvalue weighted by Gasteiger charge is -2.05. The molecule has 0 aliphatic heterocycles. The van der Waals surface area contributed by atoms with Crippen molar-refractivity contribution in [3.8, 4) is 11.4 Å². The monoisotopic (exact) mass is 364 g/mol. The third-order valence-corrected chi connectivity index (χ3v) is 4.67. The van der Waals surface area contributed by atoms with Gasteiger partial charge in [-0.3, -0.25) is 14.9 Å². The molecule has 0 saturated heterocycles. The molecule has 0 spiro atoms. The first-order chi connectivity index (χ1) is 12.7. The molecule has 1 aromatic heterocycles. The number of hydrogen-bond donors (Lipinski definition) is 2. The molecule has 2 aromatic carbocycles. The molecule has 7 heteroatoms. The Morgan fingerprint density at radius 2 is 1.69 bits per heavy atom. The fourth-order valence-corrected chi connectivity index (χ4v) is 3.03. The molecule has 6 nitrogen and oxygen atoms in total. The van der Waals surface area contributed by atoms with Gasteiger partial charge in [0.25, 0.3) is 5.91 Å². The summed E-state index contributed by atoms with van der Waals surface area (Å²) in [6.45, 7) is 0. The third-order valence-electron chi connectivity index (χ3n) is 4.04. The van der Waals surface area contributed by atoms with E-state index in [0.717, 1.165) is 29.9 Å². The molecule has 0 radical (unpaired) electrons. The van der Waals surface area contributed by atoms with Crippen LogP contribution in [0.15, 0.2) is 54.6 Å². The summed E-state index contributed by atoms with van der Waals surface area (Å²) in [5.74, 6) is 0.517. The van der Waals surface area contributed by atoms with E-state index >= 15 is 0 Å². The first-order valence-electron chi connectivity index (χ1n) is 8.30. The highest BCUT2D eigenvalue weighted by molar-refractivity contribution is 7.10. The van der Waals surface area contributed by atoms with E-state index in [-0.39, 0.29) is 17.7 Å². The summed E-state index contributed by atoms with van der Waals surface area (Å²) < 4.78 is 4.27. The van der Waals surface area contributed by atoms with Crippen LogP contribution >= 0.6 is 11.5 Å². The second-order valence-corrected chi connectivity index (χ2v) is 6.84. The molecule has 0 atom stereocenters. The second kappa shape index (κ2) is 7.05. The number of benzene rings is 2. The normalized spacial score (nSPS) is 13.2. The summed E-state index contributed by atoms with van der Waals surface area (Å²) in [5, 5.41) is 6.05. The molecule has 4 rings (SSSR count). The lowest BCUT2D eigenvalue weighted by molar-refractivity contribution is -0.117. The Hall–Kier alpha value is -3.06. The second-order valence-electron chi connectivity index (χ2n) is 6.08. The molecular weight excluding hydrogens is 348 g/mol. The van der Waals surface area contributed by atoms with Crippen LogP contribution in [0.3, 0.4) is 0 Å². The standard InChI is InChI=1S/C19H16N4O2S/c24-17(13-6-7-13)20-15-10-8-14(9-11-15)18(25)22-19-21-16(23-26-19)12-4-2-1-3-5-12/h1-5,8-11,13H,6-7H2,(H,20,24)(H,21,22,23,25). The number of rotatable bonds is 5. The van der Waals surface area contributed by atoms with Crippen LogP contribution < -0.4 is 10.6 Å². The largest absolute Gasteiger partial charge is 0.326 e. The quantitative estimate of drug-likeness (QED) is 0.721. The maximum atomic E-state index is 12.4. The lowest BCUT2D eigenvalue weighted by Crippen LogP contribution is -2.14. The van der Waals surface area contributed by atoms with Crippen LogP contribution in [0.4, 0.5) is 10.8 Å². The van der Waals surface area contributed by atoms with Crippen LogP contribution in [-0.4, -0.2) is 21.2 Å². The molecule has 1 fully saturated rings. The lowest BCUT2D eigenvalue weighted by atomic mass is 10.2. The predicted octanol–water partition coefficient (Wildman–Crippen LogP) is 3.81. The van der Waals surface area contributed by atoms with Gasteiger partial charge in [0, 0.05) is 34.3 Å². The van der Waals surface area contributed by atoms with Crippen molar-refractivity contribution in [3.63, 3.8) is 0 Å². The van der Waals surface area contributed by atoms with Crippen molar-refractivity contribution in [2.45, 2.75) is 12.8 Å². The molecule has 0 bridgehead atoms. The molecule has 130 valence electrons. The molecule has 1 aliphatic carbocycles. The van der Waals surface area contributed by atoms with E-state index < -0.39 is 0 Å². The van der Waals surface area contributed by atoms with Crippen LogP contribution in [0.2, 0.25) is 0 Å². The highest BCUT2D eigenvalue weighted by atomic mass is 32.1. The van der Waals surface area contributed by atoms with Crippen molar-refractivity contribution >= 4 is 34.2 Å². The number of anilines is 2. The molecule has 0 unspecified atom stereocenters. The molecule has 2 N–H and O–H groups in total. The average Bonchev–Trinajstić information content (AvgIpc) is 3.43. The fraction of sp³-hybridized carbons (Fsp3) is 0.158. The molecule has 3 aromatic rings. The smallest absolute Gasteiger partial charge is 0.257 e. The van der Waals surface area contributed by atoms with Gasteiger partial charge < -0.3 is 5.32 Å². The highest BCUT2D eigenvalue weighted by Gasteiger charge is 2.29. The van der Waals surface area contributed by atoms with Gasteiger partial charge in [0.15, 0.2) is 5.82 Å². The van der Waals surface area contributed by atoms with E-state index in [9.17, 15) is 9.59 Å². The summed E-state index contributed by atoms with van der Waals surface area (Å²) in [6, 6.07) is 16.4. The van der Waals surface area contributed by atoms with Crippen molar-refractivity contribution in [2.75, 3.05) is 10.6 Å². The number of carbonyl (C=O) groups is 2. The van der Waals surface area contributed by atoms with Crippen LogP contribution in [-0.2, 0) is 4.79 Å². The zero-order valence-electron chi connectivity index (χ0n) is 13.8. The zero-order chi connectivity index (χ0) is 17.9. The average molecular weight is 364 g/mol. The van der Waals surface area contributed by atoms with Crippen molar-refractivity contribution in [2.24, 2.45) is 5.92 Å². The summed E-state index contributed by atoms with van der Waals surface area (Å²) in [5.41, 5.74) is 2.09. The summed E-state index contributed by atoms with van der Waals surface area (Å²) in [6.07, 6.45) is 1.91. The first-order valence-corrected chi connectivity index (χ1v) is 9.08. The van der Waals surface area contributed by atoms with Gasteiger partial charge in [0.05, 0.1) is 0 Å². The Kier molecular flexibility index (Phi) is 4.45.